The second-order valence-corrected chi connectivity index (χ2v) is 5.73. The average Bonchev–Trinajstić information content (AvgIpc) is 2.66. The van der Waals surface area contributed by atoms with Crippen LogP contribution in [-0.2, 0) is 12.8 Å². The number of ether oxygens (including phenoxy) is 2. The van der Waals surface area contributed by atoms with Gasteiger partial charge in [-0.05, 0) is 54.7 Å². The van der Waals surface area contributed by atoms with Crippen LogP contribution in [0.15, 0.2) is 48.5 Å². The van der Waals surface area contributed by atoms with Crippen LogP contribution in [-0.4, -0.2) is 33.3 Å². The Balaban J connectivity index is 1.57. The van der Waals surface area contributed by atoms with Crippen molar-refractivity contribution in [2.45, 2.75) is 19.3 Å². The van der Waals surface area contributed by atoms with E-state index in [1.807, 2.05) is 48.5 Å². The zero-order chi connectivity index (χ0) is 17.9. The Morgan fingerprint density at radius 3 is 1.76 bits per heavy atom. The fraction of sp³-hybridized carbons (Fsp3) is 0.350. The number of nitrogens with one attached hydrogen (secondary N) is 2. The van der Waals surface area contributed by atoms with Gasteiger partial charge >= 0.3 is 6.03 Å². The lowest BCUT2D eigenvalue weighted by Gasteiger charge is -2.08. The molecular weight excluding hydrogens is 316 g/mol. The third-order valence-corrected chi connectivity index (χ3v) is 3.95. The van der Waals surface area contributed by atoms with Crippen LogP contribution >= 0.6 is 0 Å². The first-order valence-electron chi connectivity index (χ1n) is 8.49. The molecule has 0 aliphatic carbocycles. The van der Waals surface area contributed by atoms with Crippen molar-refractivity contribution >= 4 is 6.03 Å². The van der Waals surface area contributed by atoms with Gasteiger partial charge in [0.05, 0.1) is 14.2 Å². The molecule has 25 heavy (non-hydrogen) atoms. The molecule has 5 heteroatoms. The summed E-state index contributed by atoms with van der Waals surface area (Å²) < 4.78 is 10.3. The Morgan fingerprint density at radius 2 is 1.24 bits per heavy atom. The molecule has 0 unspecified atom stereocenters. The van der Waals surface area contributed by atoms with E-state index in [9.17, 15) is 4.79 Å². The van der Waals surface area contributed by atoms with Crippen LogP contribution in [0.3, 0.4) is 0 Å². The molecule has 0 atom stereocenters. The lowest BCUT2D eigenvalue weighted by molar-refractivity contribution is 0.241. The fourth-order valence-electron chi connectivity index (χ4n) is 2.46. The van der Waals surface area contributed by atoms with Gasteiger partial charge in [-0.25, -0.2) is 4.79 Å². The van der Waals surface area contributed by atoms with Crippen LogP contribution in [0.2, 0.25) is 0 Å². The van der Waals surface area contributed by atoms with Gasteiger partial charge in [0.1, 0.15) is 11.5 Å². The van der Waals surface area contributed by atoms with Crippen LogP contribution in [0, 0.1) is 0 Å². The molecule has 0 radical (unpaired) electrons. The summed E-state index contributed by atoms with van der Waals surface area (Å²) in [7, 11) is 3.31. The molecule has 2 aromatic carbocycles. The number of hydrogen-bond acceptors (Lipinski definition) is 3. The summed E-state index contributed by atoms with van der Waals surface area (Å²) >= 11 is 0. The van der Waals surface area contributed by atoms with Crippen molar-refractivity contribution in [2.24, 2.45) is 0 Å². The molecule has 0 fully saturated rings. The van der Waals surface area contributed by atoms with Crippen molar-refractivity contribution in [3.8, 4) is 11.5 Å². The highest BCUT2D eigenvalue weighted by Gasteiger charge is 2.01. The number of benzene rings is 2. The first-order valence-corrected chi connectivity index (χ1v) is 8.49. The molecule has 0 aliphatic heterocycles. The third-order valence-electron chi connectivity index (χ3n) is 3.95. The Kier molecular flexibility index (Phi) is 7.63. The van der Waals surface area contributed by atoms with Gasteiger partial charge in [-0.1, -0.05) is 24.3 Å². The van der Waals surface area contributed by atoms with Crippen molar-refractivity contribution in [3.63, 3.8) is 0 Å². The molecule has 0 saturated heterocycles. The zero-order valence-electron chi connectivity index (χ0n) is 14.9. The molecular formula is C20H26N2O3. The SMILES string of the molecule is COc1ccc(CCCNC(=O)NCCc2ccc(OC)cc2)cc1. The summed E-state index contributed by atoms with van der Waals surface area (Å²) in [4.78, 5) is 11.8. The van der Waals surface area contributed by atoms with Crippen molar-refractivity contribution in [1.29, 1.82) is 0 Å². The van der Waals surface area contributed by atoms with Gasteiger partial charge in [0.15, 0.2) is 0 Å². The van der Waals surface area contributed by atoms with Crippen molar-refractivity contribution in [3.05, 3.63) is 59.7 Å². The molecule has 0 aliphatic rings. The smallest absolute Gasteiger partial charge is 0.314 e. The normalized spacial score (nSPS) is 10.2. The molecule has 0 aromatic heterocycles. The summed E-state index contributed by atoms with van der Waals surface area (Å²) in [5, 5.41) is 5.76. The van der Waals surface area contributed by atoms with E-state index in [1.54, 1.807) is 14.2 Å². The monoisotopic (exact) mass is 342 g/mol. The van der Waals surface area contributed by atoms with Gasteiger partial charge in [-0.3, -0.25) is 0 Å². The van der Waals surface area contributed by atoms with E-state index >= 15 is 0 Å². The van der Waals surface area contributed by atoms with E-state index in [0.29, 0.717) is 13.1 Å². The highest BCUT2D eigenvalue weighted by Crippen LogP contribution is 2.12. The molecule has 2 amide bonds. The molecule has 2 rings (SSSR count). The summed E-state index contributed by atoms with van der Waals surface area (Å²) in [5.41, 5.74) is 2.41. The standard InChI is InChI=1S/C20H26N2O3/c1-24-18-9-5-16(6-10-18)4-3-14-21-20(23)22-15-13-17-7-11-19(25-2)12-8-17/h5-12H,3-4,13-15H2,1-2H3,(H2,21,22,23). The first kappa shape index (κ1) is 18.6. The topological polar surface area (TPSA) is 59.6 Å². The largest absolute Gasteiger partial charge is 0.497 e. The van der Waals surface area contributed by atoms with Crippen molar-refractivity contribution < 1.29 is 14.3 Å². The number of urea groups is 1. The van der Waals surface area contributed by atoms with Gasteiger partial charge in [0.25, 0.3) is 0 Å². The molecule has 5 nitrogen and oxygen atoms in total. The number of amides is 2. The molecule has 0 saturated carbocycles. The number of carbonyl (C=O) groups excluding carboxylic acids is 1. The maximum Gasteiger partial charge on any atom is 0.314 e. The summed E-state index contributed by atoms with van der Waals surface area (Å²) in [5.74, 6) is 1.70. The number of hydrogen-bond donors (Lipinski definition) is 2. The van der Waals surface area contributed by atoms with Crippen molar-refractivity contribution in [2.75, 3.05) is 27.3 Å². The highest BCUT2D eigenvalue weighted by atomic mass is 16.5. The van der Waals surface area contributed by atoms with Crippen LogP contribution in [0.4, 0.5) is 4.79 Å². The van der Waals surface area contributed by atoms with E-state index < -0.39 is 0 Å². The summed E-state index contributed by atoms with van der Waals surface area (Å²) in [6, 6.07) is 15.7. The van der Waals surface area contributed by atoms with Crippen LogP contribution in [0.25, 0.3) is 0 Å². The number of carbonyl (C=O) groups is 1. The molecule has 0 bridgehead atoms. The predicted octanol–water partition coefficient (Wildman–Crippen LogP) is 3.18. The van der Waals surface area contributed by atoms with Crippen LogP contribution < -0.4 is 20.1 Å². The maximum atomic E-state index is 11.8. The molecule has 0 heterocycles. The predicted molar refractivity (Wildman–Crippen MR) is 99.4 cm³/mol. The van der Waals surface area contributed by atoms with E-state index in [-0.39, 0.29) is 6.03 Å². The molecule has 2 aromatic rings. The van der Waals surface area contributed by atoms with E-state index in [1.165, 1.54) is 11.1 Å². The van der Waals surface area contributed by atoms with Crippen LogP contribution in [0.5, 0.6) is 11.5 Å². The van der Waals surface area contributed by atoms with Gasteiger partial charge in [0, 0.05) is 13.1 Å². The average molecular weight is 342 g/mol. The number of methoxy groups -OCH3 is 2. The minimum atomic E-state index is -0.122. The second-order valence-electron chi connectivity index (χ2n) is 5.73. The van der Waals surface area contributed by atoms with Gasteiger partial charge < -0.3 is 20.1 Å². The summed E-state index contributed by atoms with van der Waals surface area (Å²) in [6.07, 6.45) is 2.62. The van der Waals surface area contributed by atoms with E-state index in [4.69, 9.17) is 9.47 Å². The Bertz CT molecular complexity index is 639. The van der Waals surface area contributed by atoms with Crippen LogP contribution in [0.1, 0.15) is 17.5 Å². The van der Waals surface area contributed by atoms with Crippen molar-refractivity contribution in [1.82, 2.24) is 10.6 Å². The minimum Gasteiger partial charge on any atom is -0.497 e. The van der Waals surface area contributed by atoms with Gasteiger partial charge in [0.2, 0.25) is 0 Å². The summed E-state index contributed by atoms with van der Waals surface area (Å²) in [6.45, 7) is 1.26. The zero-order valence-corrected chi connectivity index (χ0v) is 14.9. The Hall–Kier alpha value is -2.69. The first-order chi connectivity index (χ1) is 12.2. The fourth-order valence-corrected chi connectivity index (χ4v) is 2.46. The highest BCUT2D eigenvalue weighted by molar-refractivity contribution is 5.73. The lowest BCUT2D eigenvalue weighted by atomic mass is 10.1. The molecule has 2 N–H and O–H groups in total. The number of rotatable bonds is 9. The van der Waals surface area contributed by atoms with Gasteiger partial charge in [-0.15, -0.1) is 0 Å². The Labute approximate surface area is 149 Å². The van der Waals surface area contributed by atoms with E-state index in [0.717, 1.165) is 30.8 Å². The quantitative estimate of drug-likeness (QED) is 0.688. The molecule has 134 valence electrons. The Morgan fingerprint density at radius 1 is 0.760 bits per heavy atom. The van der Waals surface area contributed by atoms with Gasteiger partial charge in [-0.2, -0.15) is 0 Å². The second kappa shape index (κ2) is 10.2. The maximum absolute atomic E-state index is 11.8. The third kappa shape index (κ3) is 6.75. The lowest BCUT2D eigenvalue weighted by Crippen LogP contribution is -2.37. The van der Waals surface area contributed by atoms with E-state index in [2.05, 4.69) is 10.6 Å². The molecule has 0 spiro atoms. The number of aryl methyl sites for hydroxylation is 1. The minimum absolute atomic E-state index is 0.122.